The fourth-order valence-corrected chi connectivity index (χ4v) is 4.00. The van der Waals surface area contributed by atoms with Gasteiger partial charge in [0.15, 0.2) is 20.5 Å². The van der Waals surface area contributed by atoms with Crippen LogP contribution in [-0.4, -0.2) is 38.3 Å². The van der Waals surface area contributed by atoms with Crippen LogP contribution in [0.4, 0.5) is 0 Å². The molecule has 0 spiro atoms. The Hall–Kier alpha value is -1.94. The number of thiazole rings is 1. The van der Waals surface area contributed by atoms with Crippen molar-refractivity contribution in [3.8, 4) is 0 Å². The lowest BCUT2D eigenvalue weighted by Gasteiger charge is -2.21. The van der Waals surface area contributed by atoms with Crippen LogP contribution in [0.2, 0.25) is 0 Å². The maximum atomic E-state index is 13.0. The Morgan fingerprint density at radius 2 is 1.96 bits per heavy atom. The van der Waals surface area contributed by atoms with E-state index >= 15 is 0 Å². The minimum absolute atomic E-state index is 0.121. The molecule has 0 saturated carbocycles. The van der Waals surface area contributed by atoms with Gasteiger partial charge in [0.05, 0.1) is 0 Å². The third-order valence-electron chi connectivity index (χ3n) is 3.73. The summed E-state index contributed by atoms with van der Waals surface area (Å²) < 4.78 is 12.6. The Bertz CT molecular complexity index is 930. The Labute approximate surface area is 171 Å². The Balaban J connectivity index is 2.34. The van der Waals surface area contributed by atoms with Gasteiger partial charge in [-0.3, -0.25) is 19.0 Å². The van der Waals surface area contributed by atoms with E-state index in [-0.39, 0.29) is 36.1 Å². The molecule has 154 valence electrons. The van der Waals surface area contributed by atoms with E-state index in [4.69, 9.17) is 9.47 Å². The van der Waals surface area contributed by atoms with Crippen LogP contribution in [0.3, 0.4) is 0 Å². The predicted molar refractivity (Wildman–Crippen MR) is 109 cm³/mol. The molecule has 0 saturated heterocycles. The van der Waals surface area contributed by atoms with E-state index in [1.165, 1.54) is 34.6 Å². The largest absolute Gasteiger partial charge is 0.460 e. The monoisotopic (exact) mass is 427 g/mol. The summed E-state index contributed by atoms with van der Waals surface area (Å²) in [5.41, 5.74) is -0.585. The smallest absolute Gasteiger partial charge is 0.306 e. The van der Waals surface area contributed by atoms with Crippen molar-refractivity contribution in [2.45, 2.75) is 70.0 Å². The number of nitrogens with zero attached hydrogens (tertiary/aromatic N) is 3. The van der Waals surface area contributed by atoms with Gasteiger partial charge < -0.3 is 9.47 Å². The van der Waals surface area contributed by atoms with Gasteiger partial charge in [-0.2, -0.15) is 0 Å². The van der Waals surface area contributed by atoms with Crippen LogP contribution >= 0.6 is 23.1 Å². The van der Waals surface area contributed by atoms with Crippen LogP contribution in [0.5, 0.6) is 0 Å². The van der Waals surface area contributed by atoms with Gasteiger partial charge in [0.25, 0.3) is 5.56 Å². The Kier molecular flexibility index (Phi) is 7.22. The summed E-state index contributed by atoms with van der Waals surface area (Å²) >= 11 is 2.75. The normalized spacial score (nSPS) is 12.8. The SMILES string of the molecule is CSc1nc2c(=O)n([C@H](C)CCC(=O)OC(C)(C)C)c(COC(C)=O)nc2s1. The van der Waals surface area contributed by atoms with Crippen LogP contribution in [-0.2, 0) is 25.7 Å². The molecule has 0 N–H and O–H groups in total. The molecule has 0 aliphatic rings. The number of hydrogen-bond acceptors (Lipinski definition) is 9. The number of thioether (sulfide) groups is 1. The number of fused-ring (bicyclic) bond motifs is 1. The zero-order chi connectivity index (χ0) is 21.1. The van der Waals surface area contributed by atoms with Crippen molar-refractivity contribution in [1.29, 1.82) is 0 Å². The standard InChI is InChI=1S/C18H25N3O5S2/c1-10(7-8-13(23)26-18(3,4)5)21-12(9-25-11(2)22)19-15-14(16(21)24)20-17(27-6)28-15/h10H,7-9H2,1-6H3/t10-/m1/s1. The van der Waals surface area contributed by atoms with Crippen molar-refractivity contribution in [2.75, 3.05) is 6.26 Å². The van der Waals surface area contributed by atoms with Gasteiger partial charge in [-0.05, 0) is 40.4 Å². The van der Waals surface area contributed by atoms with Crippen LogP contribution in [0, 0.1) is 0 Å². The molecule has 0 fully saturated rings. The zero-order valence-electron chi connectivity index (χ0n) is 16.9. The fraction of sp³-hybridized carbons (Fsp3) is 0.611. The molecule has 2 rings (SSSR count). The van der Waals surface area contributed by atoms with E-state index in [0.717, 1.165) is 4.34 Å². The minimum atomic E-state index is -0.563. The van der Waals surface area contributed by atoms with Gasteiger partial charge in [0.2, 0.25) is 0 Å². The van der Waals surface area contributed by atoms with Gasteiger partial charge in [-0.25, -0.2) is 9.97 Å². The van der Waals surface area contributed by atoms with Crippen molar-refractivity contribution in [1.82, 2.24) is 14.5 Å². The molecule has 0 unspecified atom stereocenters. The molecule has 2 aromatic rings. The summed E-state index contributed by atoms with van der Waals surface area (Å²) in [6.45, 7) is 8.41. The van der Waals surface area contributed by atoms with Crippen molar-refractivity contribution < 1.29 is 19.1 Å². The third kappa shape index (κ3) is 5.78. The molecule has 2 heterocycles. The van der Waals surface area contributed by atoms with Gasteiger partial charge in [-0.15, -0.1) is 0 Å². The second-order valence-electron chi connectivity index (χ2n) is 7.30. The lowest BCUT2D eigenvalue weighted by atomic mass is 10.1. The summed E-state index contributed by atoms with van der Waals surface area (Å²) in [5.74, 6) is -0.460. The van der Waals surface area contributed by atoms with E-state index in [1.807, 2.05) is 13.2 Å². The van der Waals surface area contributed by atoms with Crippen molar-refractivity contribution in [2.24, 2.45) is 0 Å². The molecule has 0 radical (unpaired) electrons. The molecule has 2 aromatic heterocycles. The highest BCUT2D eigenvalue weighted by Crippen LogP contribution is 2.26. The van der Waals surface area contributed by atoms with E-state index in [2.05, 4.69) is 9.97 Å². The molecular weight excluding hydrogens is 402 g/mol. The van der Waals surface area contributed by atoms with E-state index in [1.54, 1.807) is 20.8 Å². The third-order valence-corrected chi connectivity index (χ3v) is 5.66. The maximum absolute atomic E-state index is 13.0. The summed E-state index contributed by atoms with van der Waals surface area (Å²) in [6.07, 6.45) is 2.41. The maximum Gasteiger partial charge on any atom is 0.306 e. The summed E-state index contributed by atoms with van der Waals surface area (Å²) in [5, 5.41) is 0. The molecule has 8 nitrogen and oxygen atoms in total. The van der Waals surface area contributed by atoms with Crippen LogP contribution in [0.15, 0.2) is 9.13 Å². The van der Waals surface area contributed by atoms with Gasteiger partial charge in [0.1, 0.15) is 12.2 Å². The highest BCUT2D eigenvalue weighted by atomic mass is 32.2. The molecule has 0 aliphatic carbocycles. The van der Waals surface area contributed by atoms with Crippen LogP contribution in [0.25, 0.3) is 10.3 Å². The highest BCUT2D eigenvalue weighted by molar-refractivity contribution is 8.00. The lowest BCUT2D eigenvalue weighted by molar-refractivity contribution is -0.155. The summed E-state index contributed by atoms with van der Waals surface area (Å²) in [4.78, 5) is 45.6. The Morgan fingerprint density at radius 3 is 2.54 bits per heavy atom. The van der Waals surface area contributed by atoms with Gasteiger partial charge in [-0.1, -0.05) is 23.1 Å². The predicted octanol–water partition coefficient (Wildman–Crippen LogP) is 3.32. The summed E-state index contributed by atoms with van der Waals surface area (Å²) in [7, 11) is 0. The lowest BCUT2D eigenvalue weighted by Crippen LogP contribution is -2.30. The average molecular weight is 428 g/mol. The molecule has 0 aliphatic heterocycles. The molecule has 0 aromatic carbocycles. The van der Waals surface area contributed by atoms with Crippen LogP contribution in [0.1, 0.15) is 59.3 Å². The quantitative estimate of drug-likeness (QED) is 0.490. The topological polar surface area (TPSA) is 100 Å². The molecule has 0 amide bonds. The second kappa shape index (κ2) is 9.04. The number of carbonyl (C=O) groups is 2. The number of rotatable bonds is 7. The fourth-order valence-electron chi connectivity index (χ4n) is 2.57. The van der Waals surface area contributed by atoms with E-state index in [0.29, 0.717) is 17.1 Å². The highest BCUT2D eigenvalue weighted by Gasteiger charge is 2.22. The second-order valence-corrected chi connectivity index (χ2v) is 9.33. The number of esters is 2. The molecule has 1 atom stereocenters. The first kappa shape index (κ1) is 22.4. The molecule has 10 heteroatoms. The van der Waals surface area contributed by atoms with Crippen molar-refractivity contribution in [3.05, 3.63) is 16.2 Å². The number of aromatic nitrogens is 3. The summed E-state index contributed by atoms with van der Waals surface area (Å²) in [6, 6.07) is -0.345. The average Bonchev–Trinajstić information content (AvgIpc) is 3.00. The van der Waals surface area contributed by atoms with Crippen molar-refractivity contribution >= 4 is 45.4 Å². The molecular formula is C18H25N3O5S2. The first-order chi connectivity index (χ1) is 13.0. The first-order valence-electron chi connectivity index (χ1n) is 8.83. The van der Waals surface area contributed by atoms with Gasteiger partial charge >= 0.3 is 11.9 Å². The molecule has 28 heavy (non-hydrogen) atoms. The minimum Gasteiger partial charge on any atom is -0.460 e. The van der Waals surface area contributed by atoms with Gasteiger partial charge in [0, 0.05) is 19.4 Å². The van der Waals surface area contributed by atoms with Crippen molar-refractivity contribution in [3.63, 3.8) is 0 Å². The number of ether oxygens (including phenoxy) is 2. The number of hydrogen-bond donors (Lipinski definition) is 0. The van der Waals surface area contributed by atoms with E-state index < -0.39 is 11.6 Å². The zero-order valence-corrected chi connectivity index (χ0v) is 18.5. The van der Waals surface area contributed by atoms with Crippen LogP contribution < -0.4 is 5.56 Å². The number of carbonyl (C=O) groups excluding carboxylic acids is 2. The molecule has 0 bridgehead atoms. The first-order valence-corrected chi connectivity index (χ1v) is 10.9. The van der Waals surface area contributed by atoms with E-state index in [9.17, 15) is 14.4 Å². The Morgan fingerprint density at radius 1 is 1.29 bits per heavy atom.